The molecule has 0 amide bonds. The molecule has 0 saturated carbocycles. The molecule has 0 aliphatic carbocycles. The van der Waals surface area contributed by atoms with Crippen molar-refractivity contribution in [1.82, 2.24) is 25.0 Å². The Morgan fingerprint density at radius 1 is 1.20 bits per heavy atom. The van der Waals surface area contributed by atoms with Crippen LogP contribution in [0.25, 0.3) is 10.8 Å². The van der Waals surface area contributed by atoms with Crippen molar-refractivity contribution in [2.45, 2.75) is 29.8 Å². The van der Waals surface area contributed by atoms with Crippen molar-refractivity contribution in [2.75, 3.05) is 6.61 Å². The van der Waals surface area contributed by atoms with Gasteiger partial charge in [-0.3, -0.25) is 14.9 Å². The minimum absolute atomic E-state index is 0.0562. The third-order valence-corrected chi connectivity index (χ3v) is 6.62. The van der Waals surface area contributed by atoms with Crippen LogP contribution in [0.5, 0.6) is 5.75 Å². The summed E-state index contributed by atoms with van der Waals surface area (Å²) in [4.78, 5) is 17.5. The molecule has 0 bridgehead atoms. The predicted octanol–water partition coefficient (Wildman–Crippen LogP) is 1.64. The molecule has 1 N–H and O–H groups in total. The second-order valence-electron chi connectivity index (χ2n) is 7.09. The molecule has 0 spiro atoms. The van der Waals surface area contributed by atoms with E-state index in [9.17, 15) is 13.2 Å². The van der Waals surface area contributed by atoms with Crippen molar-refractivity contribution in [3.63, 3.8) is 0 Å². The Balaban J connectivity index is 1.51. The molecule has 30 heavy (non-hydrogen) atoms. The van der Waals surface area contributed by atoms with Gasteiger partial charge in [0.25, 0.3) is 5.56 Å². The van der Waals surface area contributed by atoms with Gasteiger partial charge in [-0.25, -0.2) is 13.1 Å². The number of benzene rings is 1. The van der Waals surface area contributed by atoms with Crippen LogP contribution < -0.4 is 10.3 Å². The van der Waals surface area contributed by atoms with Gasteiger partial charge in [-0.1, -0.05) is 0 Å². The van der Waals surface area contributed by atoms with Crippen LogP contribution in [0.15, 0.2) is 57.3 Å². The highest BCUT2D eigenvalue weighted by Gasteiger charge is 2.22. The second kappa shape index (κ2) is 6.77. The Kier molecular flexibility index (Phi) is 4.17. The highest BCUT2D eigenvalue weighted by molar-refractivity contribution is 7.91. The van der Waals surface area contributed by atoms with Gasteiger partial charge in [0.15, 0.2) is 5.03 Å². The van der Waals surface area contributed by atoms with Crippen LogP contribution in [0.3, 0.4) is 0 Å². The van der Waals surface area contributed by atoms with Crippen LogP contribution in [-0.2, 0) is 22.8 Å². The Bertz CT molecular complexity index is 1460. The normalized spacial score (nSPS) is 13.4. The van der Waals surface area contributed by atoms with E-state index in [0.29, 0.717) is 28.8 Å². The zero-order chi connectivity index (χ0) is 20.9. The van der Waals surface area contributed by atoms with Crippen LogP contribution in [0.4, 0.5) is 0 Å². The van der Waals surface area contributed by atoms with Crippen molar-refractivity contribution >= 4 is 20.6 Å². The number of aryl methyl sites for hydroxylation is 1. The lowest BCUT2D eigenvalue weighted by Crippen LogP contribution is -2.24. The third-order valence-electron chi connectivity index (χ3n) is 4.99. The summed E-state index contributed by atoms with van der Waals surface area (Å²) >= 11 is 0. The number of nitrogens with zero attached hydrogens (tertiary/aromatic N) is 4. The molecular weight excluding hydrogens is 406 g/mol. The maximum Gasteiger partial charge on any atom is 0.274 e. The lowest BCUT2D eigenvalue weighted by molar-refractivity contribution is 0.356. The number of rotatable bonds is 4. The van der Waals surface area contributed by atoms with Gasteiger partial charge in [-0.2, -0.15) is 10.2 Å². The van der Waals surface area contributed by atoms with E-state index in [1.54, 1.807) is 6.92 Å². The molecule has 1 aliphatic heterocycles. The molecule has 5 rings (SSSR count). The average Bonchev–Trinajstić information content (AvgIpc) is 3.38. The maximum absolute atomic E-state index is 12.9. The number of hydrogen-bond donors (Lipinski definition) is 1. The van der Waals surface area contributed by atoms with E-state index in [-0.39, 0.29) is 22.0 Å². The van der Waals surface area contributed by atoms with Crippen LogP contribution in [-0.4, -0.2) is 40.0 Å². The van der Waals surface area contributed by atoms with E-state index in [2.05, 4.69) is 20.3 Å². The molecule has 0 saturated heterocycles. The summed E-state index contributed by atoms with van der Waals surface area (Å²) in [6.45, 7) is 2.55. The summed E-state index contributed by atoms with van der Waals surface area (Å²) < 4.78 is 32.3. The van der Waals surface area contributed by atoms with E-state index >= 15 is 0 Å². The van der Waals surface area contributed by atoms with Gasteiger partial charge in [0.05, 0.1) is 41.0 Å². The van der Waals surface area contributed by atoms with Crippen LogP contribution in [0, 0.1) is 6.92 Å². The summed E-state index contributed by atoms with van der Waals surface area (Å²) in [6, 6.07) is 9.49. The smallest absolute Gasteiger partial charge is 0.274 e. The third kappa shape index (κ3) is 3.05. The monoisotopic (exact) mass is 423 g/mol. The summed E-state index contributed by atoms with van der Waals surface area (Å²) in [5.74, 6) is 0.776. The summed E-state index contributed by atoms with van der Waals surface area (Å²) in [7, 11) is -3.79. The van der Waals surface area contributed by atoms with Crippen molar-refractivity contribution in [3.8, 4) is 5.75 Å². The van der Waals surface area contributed by atoms with Gasteiger partial charge < -0.3 is 4.74 Å². The molecule has 3 aromatic heterocycles. The van der Waals surface area contributed by atoms with E-state index in [1.807, 2.05) is 12.1 Å². The van der Waals surface area contributed by atoms with Gasteiger partial charge in [0.1, 0.15) is 5.75 Å². The number of aromatic amines is 1. The van der Waals surface area contributed by atoms with Crippen LogP contribution >= 0.6 is 0 Å². The van der Waals surface area contributed by atoms with Crippen LogP contribution in [0.1, 0.15) is 17.1 Å². The fourth-order valence-electron chi connectivity index (χ4n) is 3.44. The molecule has 0 unspecified atom stereocenters. The van der Waals surface area contributed by atoms with E-state index in [1.165, 1.54) is 35.1 Å². The molecule has 0 radical (unpaired) electrons. The molecule has 4 heterocycles. The van der Waals surface area contributed by atoms with E-state index in [0.717, 1.165) is 17.9 Å². The first-order valence-electron chi connectivity index (χ1n) is 9.30. The minimum atomic E-state index is -3.79. The quantitative estimate of drug-likeness (QED) is 0.530. The highest BCUT2D eigenvalue weighted by Crippen LogP contribution is 2.24. The van der Waals surface area contributed by atoms with Gasteiger partial charge in [-0.15, -0.1) is 0 Å². The first-order valence-corrected chi connectivity index (χ1v) is 10.8. The largest absolute Gasteiger partial charge is 0.491 e. The molecule has 9 nitrogen and oxygen atoms in total. The molecule has 152 valence electrons. The number of aromatic nitrogens is 5. The standard InChI is InChI=1S/C20H17N5O4S/c1-12-8-19(24-23-12)30(27,28)15-3-4-16-13(9-15)10-21-25(20(16)26)11-14-2-5-18-17(22-14)6-7-29-18/h2-5,8-10H,6-7,11H2,1H3,(H,23,24). The van der Waals surface area contributed by atoms with Crippen LogP contribution in [0.2, 0.25) is 0 Å². The van der Waals surface area contributed by atoms with Crippen molar-refractivity contribution in [3.05, 3.63) is 70.0 Å². The van der Waals surface area contributed by atoms with Crippen molar-refractivity contribution < 1.29 is 13.2 Å². The Morgan fingerprint density at radius 3 is 2.87 bits per heavy atom. The molecule has 1 aromatic carbocycles. The van der Waals surface area contributed by atoms with Gasteiger partial charge in [-0.05, 0) is 43.3 Å². The molecule has 10 heteroatoms. The van der Waals surface area contributed by atoms with Crippen molar-refractivity contribution in [2.24, 2.45) is 0 Å². The SMILES string of the molecule is Cc1cc(S(=O)(=O)c2ccc3c(=O)n(Cc4ccc5c(n4)CCO5)ncc3c2)n[nH]1. The predicted molar refractivity (Wildman–Crippen MR) is 107 cm³/mol. The molecule has 0 atom stereocenters. The molecule has 0 fully saturated rings. The number of pyridine rings is 1. The fraction of sp³-hybridized carbons (Fsp3) is 0.200. The summed E-state index contributed by atoms with van der Waals surface area (Å²) in [6.07, 6.45) is 2.23. The van der Waals surface area contributed by atoms with Crippen molar-refractivity contribution in [1.29, 1.82) is 0 Å². The first-order chi connectivity index (χ1) is 14.4. The van der Waals surface area contributed by atoms with E-state index < -0.39 is 9.84 Å². The van der Waals surface area contributed by atoms with Gasteiger partial charge >= 0.3 is 0 Å². The van der Waals surface area contributed by atoms with E-state index in [4.69, 9.17) is 4.74 Å². The lowest BCUT2D eigenvalue weighted by atomic mass is 10.2. The second-order valence-corrected chi connectivity index (χ2v) is 8.99. The van der Waals surface area contributed by atoms with Gasteiger partial charge in [0.2, 0.25) is 9.84 Å². The summed E-state index contributed by atoms with van der Waals surface area (Å²) in [5.41, 5.74) is 1.92. The maximum atomic E-state index is 12.9. The highest BCUT2D eigenvalue weighted by atomic mass is 32.2. The average molecular weight is 423 g/mol. The zero-order valence-electron chi connectivity index (χ0n) is 16.0. The number of H-pyrrole nitrogens is 1. The minimum Gasteiger partial charge on any atom is -0.491 e. The molecule has 1 aliphatic rings. The number of hydrogen-bond acceptors (Lipinski definition) is 7. The zero-order valence-corrected chi connectivity index (χ0v) is 16.8. The fourth-order valence-corrected chi connectivity index (χ4v) is 4.71. The number of ether oxygens (including phenoxy) is 1. The first kappa shape index (κ1) is 18.5. The van der Waals surface area contributed by atoms with Gasteiger partial charge in [0, 0.05) is 17.5 Å². The molecular formula is C20H17N5O4S. The number of sulfone groups is 1. The lowest BCUT2D eigenvalue weighted by Gasteiger charge is -2.08. The Hall–Kier alpha value is -3.53. The number of nitrogens with one attached hydrogen (secondary N) is 1. The number of fused-ring (bicyclic) bond motifs is 2. The topological polar surface area (TPSA) is 120 Å². The Morgan fingerprint density at radius 2 is 2.07 bits per heavy atom. The summed E-state index contributed by atoms with van der Waals surface area (Å²) in [5, 5.41) is 11.4. The molecule has 4 aromatic rings. The Labute approximate surface area is 171 Å².